The lowest BCUT2D eigenvalue weighted by atomic mass is 10.3. The molecule has 19 heavy (non-hydrogen) atoms. The molecule has 0 bridgehead atoms. The van der Waals surface area contributed by atoms with Gasteiger partial charge in [-0.1, -0.05) is 13.8 Å². The Morgan fingerprint density at radius 1 is 1.42 bits per heavy atom. The van der Waals surface area contributed by atoms with Crippen molar-refractivity contribution in [2.24, 2.45) is 0 Å². The van der Waals surface area contributed by atoms with Gasteiger partial charge in [0.1, 0.15) is 0 Å². The van der Waals surface area contributed by atoms with Crippen LogP contribution in [0.3, 0.4) is 0 Å². The summed E-state index contributed by atoms with van der Waals surface area (Å²) in [5, 5.41) is 4.54. The zero-order valence-corrected chi connectivity index (χ0v) is 12.8. The van der Waals surface area contributed by atoms with E-state index in [1.54, 1.807) is 18.4 Å². The Balaban J connectivity index is 2.08. The Morgan fingerprint density at radius 2 is 2.16 bits per heavy atom. The molecule has 0 aromatic carbocycles. The fraction of sp³-hybridized carbons (Fsp3) is 0.769. The number of rotatable bonds is 6. The van der Waals surface area contributed by atoms with E-state index in [0.717, 1.165) is 43.7 Å². The molecule has 5 nitrogen and oxygen atoms in total. The normalized spacial score (nSPS) is 16.3. The molecule has 1 saturated heterocycles. The molecule has 1 aromatic rings. The van der Waals surface area contributed by atoms with Crippen LogP contribution in [-0.2, 0) is 22.6 Å². The van der Waals surface area contributed by atoms with Gasteiger partial charge >= 0.3 is 0 Å². The highest BCUT2D eigenvalue weighted by molar-refractivity contribution is 7.15. The first-order valence-electron chi connectivity index (χ1n) is 6.74. The predicted molar refractivity (Wildman–Crippen MR) is 77.8 cm³/mol. The Labute approximate surface area is 118 Å². The van der Waals surface area contributed by atoms with E-state index in [0.29, 0.717) is 12.6 Å². The van der Waals surface area contributed by atoms with Crippen LogP contribution < -0.4 is 10.2 Å². The first-order valence-corrected chi connectivity index (χ1v) is 7.56. The summed E-state index contributed by atoms with van der Waals surface area (Å²) < 4.78 is 10.6. The van der Waals surface area contributed by atoms with Gasteiger partial charge in [-0.05, 0) is 0 Å². The van der Waals surface area contributed by atoms with Crippen molar-refractivity contribution in [2.45, 2.75) is 33.0 Å². The second kappa shape index (κ2) is 7.19. The van der Waals surface area contributed by atoms with E-state index in [1.165, 1.54) is 4.88 Å². The number of methoxy groups -OCH3 is 1. The lowest BCUT2D eigenvalue weighted by Gasteiger charge is -2.26. The van der Waals surface area contributed by atoms with Gasteiger partial charge in [0.15, 0.2) is 5.13 Å². The standard InChI is InChI=1S/C13H23N3O2S/c1-10(2)14-8-12-11(9-17-3)15-13(19-12)16-4-6-18-7-5-16/h10,14H,4-9H2,1-3H3. The molecule has 1 aromatic heterocycles. The summed E-state index contributed by atoms with van der Waals surface area (Å²) in [6, 6.07) is 0.476. The molecule has 0 saturated carbocycles. The first-order chi connectivity index (χ1) is 9.20. The maximum absolute atomic E-state index is 5.38. The minimum Gasteiger partial charge on any atom is -0.378 e. The van der Waals surface area contributed by atoms with E-state index < -0.39 is 0 Å². The average molecular weight is 285 g/mol. The Kier molecular flexibility index (Phi) is 5.57. The molecule has 1 aliphatic heterocycles. The topological polar surface area (TPSA) is 46.6 Å². The highest BCUT2D eigenvalue weighted by Gasteiger charge is 2.18. The Morgan fingerprint density at radius 3 is 2.79 bits per heavy atom. The number of anilines is 1. The fourth-order valence-electron chi connectivity index (χ4n) is 1.94. The number of hydrogen-bond acceptors (Lipinski definition) is 6. The molecule has 2 heterocycles. The van der Waals surface area contributed by atoms with Gasteiger partial charge in [0.2, 0.25) is 0 Å². The highest BCUT2D eigenvalue weighted by Crippen LogP contribution is 2.27. The van der Waals surface area contributed by atoms with Crippen LogP contribution in [-0.4, -0.2) is 44.4 Å². The van der Waals surface area contributed by atoms with Gasteiger partial charge in [-0.15, -0.1) is 11.3 Å². The van der Waals surface area contributed by atoms with Crippen LogP contribution in [0, 0.1) is 0 Å². The zero-order chi connectivity index (χ0) is 13.7. The van der Waals surface area contributed by atoms with Gasteiger partial charge in [0, 0.05) is 37.7 Å². The smallest absolute Gasteiger partial charge is 0.186 e. The second-order valence-corrected chi connectivity index (χ2v) is 6.00. The van der Waals surface area contributed by atoms with Crippen molar-refractivity contribution in [1.82, 2.24) is 10.3 Å². The van der Waals surface area contributed by atoms with Gasteiger partial charge in [0.25, 0.3) is 0 Å². The van der Waals surface area contributed by atoms with E-state index in [2.05, 4.69) is 24.1 Å². The van der Waals surface area contributed by atoms with Crippen molar-refractivity contribution < 1.29 is 9.47 Å². The van der Waals surface area contributed by atoms with E-state index in [1.807, 2.05) is 0 Å². The van der Waals surface area contributed by atoms with E-state index in [9.17, 15) is 0 Å². The van der Waals surface area contributed by atoms with Gasteiger partial charge in [0.05, 0.1) is 25.5 Å². The minimum atomic E-state index is 0.476. The SMILES string of the molecule is COCc1nc(N2CCOCC2)sc1CNC(C)C. The summed E-state index contributed by atoms with van der Waals surface area (Å²) in [6.45, 7) is 9.18. The van der Waals surface area contributed by atoms with E-state index in [4.69, 9.17) is 14.5 Å². The first kappa shape index (κ1) is 14.7. The molecule has 0 spiro atoms. The van der Waals surface area contributed by atoms with Crippen molar-refractivity contribution in [3.8, 4) is 0 Å². The molecule has 2 rings (SSSR count). The Bertz CT molecular complexity index is 389. The molecular formula is C13H23N3O2S. The largest absolute Gasteiger partial charge is 0.378 e. The minimum absolute atomic E-state index is 0.476. The summed E-state index contributed by atoms with van der Waals surface area (Å²) in [5.41, 5.74) is 1.06. The van der Waals surface area contributed by atoms with Crippen LogP contribution in [0.2, 0.25) is 0 Å². The Hall–Kier alpha value is -0.690. The molecule has 0 unspecified atom stereocenters. The van der Waals surface area contributed by atoms with Crippen LogP contribution in [0.5, 0.6) is 0 Å². The summed E-state index contributed by atoms with van der Waals surface area (Å²) in [5.74, 6) is 0. The van der Waals surface area contributed by atoms with Crippen molar-refractivity contribution in [1.29, 1.82) is 0 Å². The molecular weight excluding hydrogens is 262 g/mol. The molecule has 0 atom stereocenters. The predicted octanol–water partition coefficient (Wildman–Crippen LogP) is 1.62. The third-order valence-electron chi connectivity index (χ3n) is 3.00. The maximum Gasteiger partial charge on any atom is 0.186 e. The van der Waals surface area contributed by atoms with Gasteiger partial charge < -0.3 is 19.7 Å². The monoisotopic (exact) mass is 285 g/mol. The quantitative estimate of drug-likeness (QED) is 0.860. The van der Waals surface area contributed by atoms with Crippen molar-refractivity contribution >= 4 is 16.5 Å². The number of morpholine rings is 1. The number of nitrogens with one attached hydrogen (secondary N) is 1. The van der Waals surface area contributed by atoms with Crippen LogP contribution in [0.15, 0.2) is 0 Å². The number of ether oxygens (including phenoxy) is 2. The molecule has 1 N–H and O–H groups in total. The molecule has 108 valence electrons. The van der Waals surface area contributed by atoms with Gasteiger partial charge in [-0.2, -0.15) is 0 Å². The number of hydrogen-bond donors (Lipinski definition) is 1. The van der Waals surface area contributed by atoms with Crippen LogP contribution in [0.25, 0.3) is 0 Å². The second-order valence-electron chi connectivity index (χ2n) is 4.93. The lowest BCUT2D eigenvalue weighted by Crippen LogP contribution is -2.36. The van der Waals surface area contributed by atoms with Crippen LogP contribution in [0.4, 0.5) is 5.13 Å². The maximum atomic E-state index is 5.38. The number of aromatic nitrogens is 1. The van der Waals surface area contributed by atoms with Crippen molar-refractivity contribution in [3.63, 3.8) is 0 Å². The lowest BCUT2D eigenvalue weighted by molar-refractivity contribution is 0.122. The summed E-state index contributed by atoms with van der Waals surface area (Å²) >= 11 is 1.76. The highest BCUT2D eigenvalue weighted by atomic mass is 32.1. The summed E-state index contributed by atoms with van der Waals surface area (Å²) in [7, 11) is 1.72. The average Bonchev–Trinajstić information content (AvgIpc) is 2.81. The van der Waals surface area contributed by atoms with E-state index in [-0.39, 0.29) is 0 Å². The van der Waals surface area contributed by atoms with Crippen LogP contribution >= 0.6 is 11.3 Å². The fourth-order valence-corrected chi connectivity index (χ4v) is 3.01. The molecule has 0 aliphatic carbocycles. The van der Waals surface area contributed by atoms with Crippen molar-refractivity contribution in [3.05, 3.63) is 10.6 Å². The van der Waals surface area contributed by atoms with Crippen molar-refractivity contribution in [2.75, 3.05) is 38.3 Å². The van der Waals surface area contributed by atoms with Gasteiger partial charge in [-0.3, -0.25) is 0 Å². The third kappa shape index (κ3) is 4.14. The summed E-state index contributed by atoms with van der Waals surface area (Å²) in [4.78, 5) is 8.30. The number of nitrogens with zero attached hydrogens (tertiary/aromatic N) is 2. The molecule has 6 heteroatoms. The van der Waals surface area contributed by atoms with Gasteiger partial charge in [-0.25, -0.2) is 4.98 Å². The molecule has 1 fully saturated rings. The molecule has 1 aliphatic rings. The van der Waals surface area contributed by atoms with Crippen LogP contribution in [0.1, 0.15) is 24.4 Å². The zero-order valence-electron chi connectivity index (χ0n) is 11.9. The number of thiazole rings is 1. The molecule has 0 amide bonds. The molecule has 0 radical (unpaired) electrons. The third-order valence-corrected chi connectivity index (χ3v) is 4.16. The summed E-state index contributed by atoms with van der Waals surface area (Å²) in [6.07, 6.45) is 0. The van der Waals surface area contributed by atoms with E-state index >= 15 is 0 Å².